The Morgan fingerprint density at radius 3 is 3.08 bits per heavy atom. The first-order valence-electron chi connectivity index (χ1n) is 8.14. The van der Waals surface area contributed by atoms with Gasteiger partial charge >= 0.3 is 0 Å². The molecule has 0 unspecified atom stereocenters. The summed E-state index contributed by atoms with van der Waals surface area (Å²) in [6.45, 7) is 5.92. The number of carbonyl (C=O) groups is 1. The highest BCUT2D eigenvalue weighted by Crippen LogP contribution is 2.32. The van der Waals surface area contributed by atoms with Gasteiger partial charge < -0.3 is 4.74 Å². The number of ether oxygens (including phenoxy) is 1. The molecular formula is C18H21ClN2O2S. The van der Waals surface area contributed by atoms with Crippen LogP contribution in [0.1, 0.15) is 36.4 Å². The van der Waals surface area contributed by atoms with Crippen molar-refractivity contribution in [2.75, 3.05) is 5.32 Å². The Labute approximate surface area is 151 Å². The summed E-state index contributed by atoms with van der Waals surface area (Å²) in [7, 11) is 0. The van der Waals surface area contributed by atoms with Crippen LogP contribution in [0, 0.1) is 12.8 Å². The van der Waals surface area contributed by atoms with E-state index in [-0.39, 0.29) is 5.91 Å². The predicted octanol–water partition coefficient (Wildman–Crippen LogP) is 4.64. The third kappa shape index (κ3) is 3.90. The zero-order valence-corrected chi connectivity index (χ0v) is 15.6. The number of thiazole rings is 1. The molecule has 128 valence electrons. The van der Waals surface area contributed by atoms with Crippen molar-refractivity contribution in [1.82, 2.24) is 4.98 Å². The summed E-state index contributed by atoms with van der Waals surface area (Å²) in [5.74, 6) is 0.991. The van der Waals surface area contributed by atoms with Gasteiger partial charge in [0.1, 0.15) is 5.75 Å². The number of aromatic nitrogens is 1. The van der Waals surface area contributed by atoms with Crippen LogP contribution in [0.2, 0.25) is 5.02 Å². The number of rotatable bonds is 4. The van der Waals surface area contributed by atoms with Gasteiger partial charge in [-0.15, -0.1) is 11.3 Å². The standard InChI is InChI=1S/C18H21ClN2O2S/c1-10-4-6-13(19)15(8-10)23-12(3)17(22)21-18-20-14-7-5-11(2)9-16(14)24-18/h4,6,8,11-12H,5,7,9H2,1-3H3,(H,20,21,22)/t11-,12+/m0/s1. The maximum atomic E-state index is 12.4. The van der Waals surface area contributed by atoms with Crippen molar-refractivity contribution >= 4 is 34.0 Å². The molecule has 1 amide bonds. The van der Waals surface area contributed by atoms with E-state index in [2.05, 4.69) is 17.2 Å². The lowest BCUT2D eigenvalue weighted by Gasteiger charge is -2.15. The molecule has 0 saturated carbocycles. The van der Waals surface area contributed by atoms with Gasteiger partial charge in [0.15, 0.2) is 11.2 Å². The van der Waals surface area contributed by atoms with Gasteiger partial charge in [0.2, 0.25) is 0 Å². The first-order valence-corrected chi connectivity index (χ1v) is 9.34. The molecule has 0 aliphatic heterocycles. The van der Waals surface area contributed by atoms with Crippen molar-refractivity contribution in [3.8, 4) is 5.75 Å². The first-order chi connectivity index (χ1) is 11.4. The molecule has 2 atom stereocenters. The number of fused-ring (bicyclic) bond motifs is 1. The van der Waals surface area contributed by atoms with E-state index >= 15 is 0 Å². The molecule has 6 heteroatoms. The molecule has 0 bridgehead atoms. The topological polar surface area (TPSA) is 51.2 Å². The Bertz CT molecular complexity index is 759. The second-order valence-electron chi connectivity index (χ2n) is 6.42. The van der Waals surface area contributed by atoms with Crippen molar-refractivity contribution < 1.29 is 9.53 Å². The molecule has 0 saturated heterocycles. The zero-order chi connectivity index (χ0) is 17.3. The number of nitrogens with zero attached hydrogens (tertiary/aromatic N) is 1. The van der Waals surface area contributed by atoms with Crippen LogP contribution in [-0.4, -0.2) is 17.0 Å². The third-order valence-electron chi connectivity index (χ3n) is 4.18. The Kier molecular flexibility index (Phi) is 5.11. The van der Waals surface area contributed by atoms with Crippen LogP contribution in [0.3, 0.4) is 0 Å². The van der Waals surface area contributed by atoms with Crippen LogP contribution in [0.5, 0.6) is 5.75 Å². The molecule has 1 heterocycles. The van der Waals surface area contributed by atoms with Crippen molar-refractivity contribution in [3.05, 3.63) is 39.4 Å². The quantitative estimate of drug-likeness (QED) is 0.860. The summed E-state index contributed by atoms with van der Waals surface area (Å²) in [5.41, 5.74) is 2.16. The SMILES string of the molecule is Cc1ccc(Cl)c(O[C@H](C)C(=O)Nc2nc3c(s2)C[C@@H](C)CC3)c1. The summed E-state index contributed by atoms with van der Waals surface area (Å²) in [5, 5.41) is 4.02. The van der Waals surface area contributed by atoms with Gasteiger partial charge in [-0.05, 0) is 56.7 Å². The number of halogens is 1. The summed E-state index contributed by atoms with van der Waals surface area (Å²) >= 11 is 7.69. The average molecular weight is 365 g/mol. The lowest BCUT2D eigenvalue weighted by Crippen LogP contribution is -2.30. The van der Waals surface area contributed by atoms with E-state index in [0.717, 1.165) is 30.5 Å². The maximum absolute atomic E-state index is 12.4. The van der Waals surface area contributed by atoms with Gasteiger partial charge in [0.05, 0.1) is 10.7 Å². The average Bonchev–Trinajstić information content (AvgIpc) is 2.92. The van der Waals surface area contributed by atoms with E-state index in [4.69, 9.17) is 16.3 Å². The molecule has 4 nitrogen and oxygen atoms in total. The highest BCUT2D eigenvalue weighted by molar-refractivity contribution is 7.15. The molecule has 1 aliphatic rings. The molecule has 0 spiro atoms. The second kappa shape index (κ2) is 7.11. The fourth-order valence-electron chi connectivity index (χ4n) is 2.75. The molecule has 1 aromatic heterocycles. The monoisotopic (exact) mass is 364 g/mol. The van der Waals surface area contributed by atoms with Crippen LogP contribution >= 0.6 is 22.9 Å². The number of hydrogen-bond acceptors (Lipinski definition) is 4. The van der Waals surface area contributed by atoms with Crippen molar-refractivity contribution in [1.29, 1.82) is 0 Å². The molecule has 24 heavy (non-hydrogen) atoms. The van der Waals surface area contributed by atoms with Gasteiger partial charge in [-0.2, -0.15) is 0 Å². The van der Waals surface area contributed by atoms with E-state index in [0.29, 0.717) is 21.8 Å². The Morgan fingerprint density at radius 1 is 1.50 bits per heavy atom. The molecule has 1 aliphatic carbocycles. The zero-order valence-electron chi connectivity index (χ0n) is 14.1. The molecule has 1 N–H and O–H groups in total. The van der Waals surface area contributed by atoms with Crippen LogP contribution in [-0.2, 0) is 17.6 Å². The minimum Gasteiger partial charge on any atom is -0.479 e. The smallest absolute Gasteiger partial charge is 0.266 e. The number of hydrogen-bond donors (Lipinski definition) is 1. The fraction of sp³-hybridized carbons (Fsp3) is 0.444. The number of anilines is 1. The molecule has 0 radical (unpaired) electrons. The molecule has 3 rings (SSSR count). The normalized spacial score (nSPS) is 17.9. The van der Waals surface area contributed by atoms with Crippen molar-refractivity contribution in [2.45, 2.75) is 46.1 Å². The molecule has 0 fully saturated rings. The van der Waals surface area contributed by atoms with E-state index < -0.39 is 6.10 Å². The summed E-state index contributed by atoms with van der Waals surface area (Å²) < 4.78 is 5.71. The van der Waals surface area contributed by atoms with Crippen molar-refractivity contribution in [3.63, 3.8) is 0 Å². The minimum atomic E-state index is -0.649. The number of nitrogens with one attached hydrogen (secondary N) is 1. The molecule has 1 aromatic carbocycles. The Balaban J connectivity index is 1.65. The van der Waals surface area contributed by atoms with Gasteiger partial charge in [-0.1, -0.05) is 24.6 Å². The maximum Gasteiger partial charge on any atom is 0.266 e. The van der Waals surface area contributed by atoms with Gasteiger partial charge in [-0.25, -0.2) is 4.98 Å². The lowest BCUT2D eigenvalue weighted by atomic mass is 9.93. The predicted molar refractivity (Wildman–Crippen MR) is 98.2 cm³/mol. The number of benzene rings is 1. The summed E-state index contributed by atoms with van der Waals surface area (Å²) in [4.78, 5) is 18.2. The largest absolute Gasteiger partial charge is 0.479 e. The number of aryl methyl sites for hydroxylation is 2. The molecule has 2 aromatic rings. The highest BCUT2D eigenvalue weighted by Gasteiger charge is 2.22. The minimum absolute atomic E-state index is 0.216. The Morgan fingerprint density at radius 2 is 2.29 bits per heavy atom. The fourth-order valence-corrected chi connectivity index (χ4v) is 4.08. The Hall–Kier alpha value is -1.59. The lowest BCUT2D eigenvalue weighted by molar-refractivity contribution is -0.122. The first kappa shape index (κ1) is 17.2. The van der Waals surface area contributed by atoms with E-state index in [1.165, 1.54) is 4.88 Å². The summed E-state index contributed by atoms with van der Waals surface area (Å²) in [6.07, 6.45) is 2.56. The van der Waals surface area contributed by atoms with E-state index in [1.807, 2.05) is 19.1 Å². The second-order valence-corrected chi connectivity index (χ2v) is 7.91. The van der Waals surface area contributed by atoms with Gasteiger partial charge in [0.25, 0.3) is 5.91 Å². The molecular weight excluding hydrogens is 344 g/mol. The third-order valence-corrected chi connectivity index (χ3v) is 5.52. The van der Waals surface area contributed by atoms with E-state index in [9.17, 15) is 4.79 Å². The number of carbonyl (C=O) groups excluding carboxylic acids is 1. The van der Waals surface area contributed by atoms with Crippen LogP contribution in [0.4, 0.5) is 5.13 Å². The van der Waals surface area contributed by atoms with Crippen LogP contribution < -0.4 is 10.1 Å². The van der Waals surface area contributed by atoms with Crippen LogP contribution in [0.15, 0.2) is 18.2 Å². The highest BCUT2D eigenvalue weighted by atomic mass is 35.5. The van der Waals surface area contributed by atoms with Gasteiger partial charge in [0, 0.05) is 4.88 Å². The van der Waals surface area contributed by atoms with Crippen LogP contribution in [0.25, 0.3) is 0 Å². The van der Waals surface area contributed by atoms with Crippen molar-refractivity contribution in [2.24, 2.45) is 5.92 Å². The van der Waals surface area contributed by atoms with E-state index in [1.54, 1.807) is 24.3 Å². The number of amides is 1. The summed E-state index contributed by atoms with van der Waals surface area (Å²) in [6, 6.07) is 5.50. The van der Waals surface area contributed by atoms with Gasteiger partial charge in [-0.3, -0.25) is 10.1 Å².